The maximum Gasteiger partial charge on any atom is 0.416 e. The van der Waals surface area contributed by atoms with Crippen LogP contribution < -0.4 is 10.2 Å². The van der Waals surface area contributed by atoms with E-state index in [1.807, 2.05) is 42.3 Å². The van der Waals surface area contributed by atoms with Crippen LogP contribution in [0.2, 0.25) is 0 Å². The van der Waals surface area contributed by atoms with Gasteiger partial charge in [0.05, 0.1) is 39.6 Å². The summed E-state index contributed by atoms with van der Waals surface area (Å²) in [5.41, 5.74) is 1.18. The summed E-state index contributed by atoms with van der Waals surface area (Å²) >= 11 is 0. The predicted octanol–water partition coefficient (Wildman–Crippen LogP) is 4.87. The monoisotopic (exact) mass is 558 g/mol. The topological polar surface area (TPSA) is 96.1 Å². The standard InChI is InChI=1S/C31H29F3N6O/c1-39-13-10-25(20-39)38-29(41)30(24-6-8-27(37-19-24)26-5-3-2-4-21(26)17-35)11-14-40(15-12-30)28-9-7-23(31(32,33)34)16-22(28)18-36/h2-9,16,19,25H,10-15,20H2,1H3,(H,38,41)/t25-/m1/s1. The molecule has 210 valence electrons. The fourth-order valence-corrected chi connectivity index (χ4v) is 5.87. The molecule has 0 spiro atoms. The number of piperidine rings is 1. The molecule has 3 heterocycles. The first kappa shape index (κ1) is 28.1. The van der Waals surface area contributed by atoms with Gasteiger partial charge in [-0.1, -0.05) is 24.3 Å². The van der Waals surface area contributed by atoms with E-state index in [1.165, 1.54) is 6.07 Å². The van der Waals surface area contributed by atoms with E-state index in [4.69, 9.17) is 0 Å². The van der Waals surface area contributed by atoms with Crippen molar-refractivity contribution in [3.05, 3.63) is 83.0 Å². The third-order valence-corrected chi connectivity index (χ3v) is 8.20. The number of nitrogens with zero attached hydrogens (tertiary/aromatic N) is 5. The molecule has 0 aliphatic carbocycles. The highest BCUT2D eigenvalue weighted by atomic mass is 19.4. The first-order valence-electron chi connectivity index (χ1n) is 13.5. The normalized spacial score (nSPS) is 18.9. The molecule has 1 amide bonds. The van der Waals surface area contributed by atoms with Gasteiger partial charge in [0.15, 0.2) is 0 Å². The number of likely N-dealkylation sites (N-methyl/N-ethyl adjacent to an activating group) is 1. The molecule has 2 aliphatic heterocycles. The van der Waals surface area contributed by atoms with E-state index in [-0.39, 0.29) is 17.5 Å². The average Bonchev–Trinajstić information content (AvgIpc) is 3.40. The lowest BCUT2D eigenvalue weighted by Crippen LogP contribution is -2.54. The molecule has 0 saturated carbocycles. The Hall–Kier alpha value is -4.41. The Morgan fingerprint density at radius 2 is 1.76 bits per heavy atom. The zero-order chi connectivity index (χ0) is 29.2. The zero-order valence-electron chi connectivity index (χ0n) is 22.6. The Bertz CT molecular complexity index is 1510. The smallest absolute Gasteiger partial charge is 0.370 e. The molecule has 1 atom stereocenters. The van der Waals surface area contributed by atoms with Crippen LogP contribution in [0.15, 0.2) is 60.8 Å². The highest BCUT2D eigenvalue weighted by molar-refractivity contribution is 5.89. The Kier molecular flexibility index (Phi) is 7.70. The van der Waals surface area contributed by atoms with Crippen molar-refractivity contribution >= 4 is 11.6 Å². The highest BCUT2D eigenvalue weighted by Gasteiger charge is 2.44. The maximum atomic E-state index is 14.0. The minimum atomic E-state index is -4.54. The minimum Gasteiger partial charge on any atom is -0.370 e. The van der Waals surface area contributed by atoms with Crippen molar-refractivity contribution in [3.8, 4) is 23.4 Å². The number of hydrogen-bond donors (Lipinski definition) is 1. The molecule has 5 rings (SSSR count). The number of hydrogen-bond acceptors (Lipinski definition) is 6. The molecule has 0 radical (unpaired) electrons. The Labute approximate surface area is 236 Å². The van der Waals surface area contributed by atoms with E-state index < -0.39 is 17.2 Å². The summed E-state index contributed by atoms with van der Waals surface area (Å²) in [4.78, 5) is 22.6. The largest absolute Gasteiger partial charge is 0.416 e. The van der Waals surface area contributed by atoms with Crippen molar-refractivity contribution in [2.75, 3.05) is 38.1 Å². The number of nitriles is 2. The summed E-state index contributed by atoms with van der Waals surface area (Å²) in [5.74, 6) is -0.0997. The molecule has 0 bridgehead atoms. The fraction of sp³-hybridized carbons (Fsp3) is 0.355. The van der Waals surface area contributed by atoms with Crippen LogP contribution in [0, 0.1) is 22.7 Å². The number of aromatic nitrogens is 1. The number of carbonyl (C=O) groups excluding carboxylic acids is 1. The summed E-state index contributed by atoms with van der Waals surface area (Å²) in [6.45, 7) is 2.40. The molecule has 3 aromatic rings. The molecule has 2 aromatic carbocycles. The fourth-order valence-electron chi connectivity index (χ4n) is 5.87. The number of alkyl halides is 3. The molecular weight excluding hydrogens is 529 g/mol. The molecular formula is C31H29F3N6O. The van der Waals surface area contributed by atoms with Crippen molar-refractivity contribution in [1.29, 1.82) is 10.5 Å². The van der Waals surface area contributed by atoms with Crippen molar-refractivity contribution in [3.63, 3.8) is 0 Å². The van der Waals surface area contributed by atoms with Gasteiger partial charge >= 0.3 is 6.18 Å². The summed E-state index contributed by atoms with van der Waals surface area (Å²) < 4.78 is 39.7. The number of anilines is 1. The third kappa shape index (κ3) is 5.61. The van der Waals surface area contributed by atoms with Crippen LogP contribution in [-0.2, 0) is 16.4 Å². The van der Waals surface area contributed by atoms with Crippen LogP contribution in [-0.4, -0.2) is 55.1 Å². The number of benzene rings is 2. The second kappa shape index (κ2) is 11.2. The highest BCUT2D eigenvalue weighted by Crippen LogP contribution is 2.40. The van der Waals surface area contributed by atoms with E-state index in [0.717, 1.165) is 37.2 Å². The van der Waals surface area contributed by atoms with E-state index in [1.54, 1.807) is 18.3 Å². The van der Waals surface area contributed by atoms with Crippen LogP contribution in [0.4, 0.5) is 18.9 Å². The molecule has 2 aliphatic rings. The SMILES string of the molecule is CN1CC[C@@H](NC(=O)C2(c3ccc(-c4ccccc4C#N)nc3)CCN(c3ccc(C(F)(F)F)cc3C#N)CC2)C1. The van der Waals surface area contributed by atoms with Crippen molar-refractivity contribution < 1.29 is 18.0 Å². The molecule has 0 unspecified atom stereocenters. The van der Waals surface area contributed by atoms with Crippen LogP contribution in [0.3, 0.4) is 0 Å². The minimum absolute atomic E-state index is 0.0252. The van der Waals surface area contributed by atoms with Crippen molar-refractivity contribution in [2.45, 2.75) is 36.9 Å². The van der Waals surface area contributed by atoms with Gasteiger partial charge in [-0.15, -0.1) is 0 Å². The van der Waals surface area contributed by atoms with E-state index in [0.29, 0.717) is 48.4 Å². The number of halogens is 3. The summed E-state index contributed by atoms with van der Waals surface area (Å²) in [5, 5.41) is 22.3. The number of rotatable bonds is 5. The second-order valence-electron chi connectivity index (χ2n) is 10.7. The van der Waals surface area contributed by atoms with Crippen molar-refractivity contribution in [2.24, 2.45) is 0 Å². The number of pyridine rings is 1. The van der Waals surface area contributed by atoms with Crippen molar-refractivity contribution in [1.82, 2.24) is 15.2 Å². The second-order valence-corrected chi connectivity index (χ2v) is 10.7. The van der Waals surface area contributed by atoms with Gasteiger partial charge in [-0.2, -0.15) is 23.7 Å². The Balaban J connectivity index is 1.44. The van der Waals surface area contributed by atoms with Gasteiger partial charge in [0.25, 0.3) is 0 Å². The predicted molar refractivity (Wildman–Crippen MR) is 148 cm³/mol. The summed E-state index contributed by atoms with van der Waals surface area (Å²) in [7, 11) is 2.01. The lowest BCUT2D eigenvalue weighted by Gasteiger charge is -2.42. The molecule has 41 heavy (non-hydrogen) atoms. The molecule has 10 heteroatoms. The number of carbonyl (C=O) groups is 1. The molecule has 2 saturated heterocycles. The number of nitrogens with one attached hydrogen (secondary N) is 1. The summed E-state index contributed by atoms with van der Waals surface area (Å²) in [6.07, 6.45) is -1.21. The van der Waals surface area contributed by atoms with Gasteiger partial charge < -0.3 is 15.1 Å². The zero-order valence-corrected chi connectivity index (χ0v) is 22.6. The van der Waals surface area contributed by atoms with E-state index >= 15 is 0 Å². The first-order valence-corrected chi connectivity index (χ1v) is 13.5. The van der Waals surface area contributed by atoms with Crippen LogP contribution >= 0.6 is 0 Å². The molecule has 1 N–H and O–H groups in total. The van der Waals surface area contributed by atoms with Gasteiger partial charge in [0, 0.05) is 37.4 Å². The quantitative estimate of drug-likeness (QED) is 0.480. The van der Waals surface area contributed by atoms with Gasteiger partial charge in [-0.25, -0.2) is 0 Å². The van der Waals surface area contributed by atoms with E-state index in [9.17, 15) is 28.5 Å². The van der Waals surface area contributed by atoms with Crippen LogP contribution in [0.25, 0.3) is 11.3 Å². The Morgan fingerprint density at radius 1 is 1.02 bits per heavy atom. The lowest BCUT2D eigenvalue weighted by atomic mass is 9.72. The summed E-state index contributed by atoms with van der Waals surface area (Å²) in [6, 6.07) is 18.2. The maximum absolute atomic E-state index is 14.0. The third-order valence-electron chi connectivity index (χ3n) is 8.20. The molecule has 2 fully saturated rings. The first-order chi connectivity index (χ1) is 19.6. The number of amides is 1. The number of likely N-dealkylation sites (tertiary alicyclic amines) is 1. The van der Waals surface area contributed by atoms with E-state index in [2.05, 4.69) is 21.3 Å². The van der Waals surface area contributed by atoms with Gasteiger partial charge in [0.1, 0.15) is 6.07 Å². The molecule has 7 nitrogen and oxygen atoms in total. The average molecular weight is 559 g/mol. The van der Waals surface area contributed by atoms with Gasteiger partial charge in [-0.3, -0.25) is 9.78 Å². The van der Waals surface area contributed by atoms with Crippen LogP contribution in [0.5, 0.6) is 0 Å². The lowest BCUT2D eigenvalue weighted by molar-refractivity contribution is -0.137. The molecule has 1 aromatic heterocycles. The van der Waals surface area contributed by atoms with Gasteiger partial charge in [-0.05, 0) is 68.8 Å². The van der Waals surface area contributed by atoms with Gasteiger partial charge in [0.2, 0.25) is 5.91 Å². The van der Waals surface area contributed by atoms with Crippen LogP contribution in [0.1, 0.15) is 41.5 Å². The Morgan fingerprint density at radius 3 is 2.37 bits per heavy atom.